The van der Waals surface area contributed by atoms with E-state index in [0.29, 0.717) is 6.54 Å². The van der Waals surface area contributed by atoms with Crippen LogP contribution in [0, 0.1) is 5.41 Å². The van der Waals surface area contributed by atoms with Crippen LogP contribution in [0.1, 0.15) is 34.6 Å². The van der Waals surface area contributed by atoms with E-state index in [2.05, 4.69) is 5.32 Å². The molecule has 0 aromatic heterocycles. The average molecular weight is 272 g/mol. The number of carbonyl (C=O) groups is 2. The number of piperazine rings is 1. The Morgan fingerprint density at radius 1 is 1.33 bits per heavy atom. The second-order valence-electron chi connectivity index (χ2n) is 6.31. The summed E-state index contributed by atoms with van der Waals surface area (Å²) in [6, 6.07) is -0.431. The van der Waals surface area contributed by atoms with Gasteiger partial charge in [0.1, 0.15) is 11.6 Å². The molecule has 1 N–H and O–H groups in total. The molecule has 2 amide bonds. The summed E-state index contributed by atoms with van der Waals surface area (Å²) in [5, 5.41) is 2.87. The molecule has 0 bridgehead atoms. The molecule has 1 saturated heterocycles. The number of nitrogens with one attached hydrogen (secondary N) is 1. The molecule has 1 aliphatic rings. The van der Waals surface area contributed by atoms with Crippen LogP contribution in [0.15, 0.2) is 0 Å². The van der Waals surface area contributed by atoms with Crippen molar-refractivity contribution in [3.63, 3.8) is 0 Å². The van der Waals surface area contributed by atoms with E-state index in [1.165, 1.54) is 0 Å². The first kappa shape index (κ1) is 15.3. The Hall–Kier alpha value is -0.710. The highest BCUT2D eigenvalue weighted by atomic mass is 32.2. The molecule has 0 radical (unpaired) electrons. The molecule has 0 saturated carbocycles. The number of amides is 2. The lowest BCUT2D eigenvalue weighted by Crippen LogP contribution is -2.71. The van der Waals surface area contributed by atoms with Crippen LogP contribution >= 0.6 is 11.8 Å². The fourth-order valence-electron chi connectivity index (χ4n) is 2.08. The highest BCUT2D eigenvalue weighted by Crippen LogP contribution is 2.29. The normalized spacial score (nSPS) is 24.1. The van der Waals surface area contributed by atoms with Crippen molar-refractivity contribution in [1.82, 2.24) is 10.2 Å². The Balaban J connectivity index is 3.02. The maximum absolute atomic E-state index is 12.5. The van der Waals surface area contributed by atoms with E-state index in [9.17, 15) is 9.59 Å². The van der Waals surface area contributed by atoms with E-state index in [4.69, 9.17) is 0 Å². The van der Waals surface area contributed by atoms with Gasteiger partial charge in [-0.15, -0.1) is 0 Å². The molecule has 1 aliphatic heterocycles. The summed E-state index contributed by atoms with van der Waals surface area (Å²) >= 11 is 1.68. The predicted octanol–water partition coefficient (Wildman–Crippen LogP) is 1.50. The summed E-state index contributed by atoms with van der Waals surface area (Å²) in [4.78, 5) is 26.4. The monoisotopic (exact) mass is 272 g/mol. The summed E-state index contributed by atoms with van der Waals surface area (Å²) < 4.78 is 0. The third-order valence-electron chi connectivity index (χ3n) is 3.40. The molecule has 104 valence electrons. The van der Waals surface area contributed by atoms with Gasteiger partial charge < -0.3 is 10.2 Å². The minimum absolute atomic E-state index is 0.0288. The van der Waals surface area contributed by atoms with Crippen LogP contribution in [0.5, 0.6) is 0 Å². The molecule has 0 aromatic rings. The highest BCUT2D eigenvalue weighted by molar-refractivity contribution is 7.98. The number of hydrogen-bond donors (Lipinski definition) is 1. The molecule has 1 fully saturated rings. The van der Waals surface area contributed by atoms with Crippen molar-refractivity contribution in [2.45, 2.75) is 46.2 Å². The highest BCUT2D eigenvalue weighted by Gasteiger charge is 2.49. The fourth-order valence-corrected chi connectivity index (χ4v) is 2.45. The number of nitrogens with zero attached hydrogens (tertiary/aromatic N) is 1. The average Bonchev–Trinajstić information content (AvgIpc) is 2.22. The van der Waals surface area contributed by atoms with Gasteiger partial charge in [-0.1, -0.05) is 20.8 Å². The van der Waals surface area contributed by atoms with Gasteiger partial charge >= 0.3 is 0 Å². The largest absolute Gasteiger partial charge is 0.342 e. The third-order valence-corrected chi connectivity index (χ3v) is 3.99. The zero-order valence-electron chi connectivity index (χ0n) is 12.2. The summed E-state index contributed by atoms with van der Waals surface area (Å²) in [6.45, 7) is 10.1. The molecule has 1 rings (SSSR count). The second-order valence-corrected chi connectivity index (χ2v) is 7.30. The van der Waals surface area contributed by atoms with Crippen LogP contribution < -0.4 is 5.32 Å². The minimum Gasteiger partial charge on any atom is -0.342 e. The molecular weight excluding hydrogens is 248 g/mol. The topological polar surface area (TPSA) is 49.4 Å². The van der Waals surface area contributed by atoms with Crippen molar-refractivity contribution in [1.29, 1.82) is 0 Å². The van der Waals surface area contributed by atoms with E-state index in [0.717, 1.165) is 5.75 Å². The van der Waals surface area contributed by atoms with Crippen molar-refractivity contribution < 1.29 is 9.59 Å². The SMILES string of the molecule is CSCCN1C(=O)C(C(C)(C)C)NC(=O)C1(C)C. The first-order valence-corrected chi connectivity index (χ1v) is 7.63. The minimum atomic E-state index is -0.755. The summed E-state index contributed by atoms with van der Waals surface area (Å²) in [7, 11) is 0. The van der Waals surface area contributed by atoms with E-state index < -0.39 is 11.6 Å². The van der Waals surface area contributed by atoms with Crippen LogP contribution in [-0.2, 0) is 9.59 Å². The number of rotatable bonds is 3. The molecule has 5 heteroatoms. The molecule has 4 nitrogen and oxygen atoms in total. The van der Waals surface area contributed by atoms with Crippen molar-refractivity contribution in [2.75, 3.05) is 18.6 Å². The maximum Gasteiger partial charge on any atom is 0.246 e. The number of hydrogen-bond acceptors (Lipinski definition) is 3. The third kappa shape index (κ3) is 2.82. The number of thioether (sulfide) groups is 1. The summed E-state index contributed by atoms with van der Waals surface area (Å²) in [5.74, 6) is 0.809. The summed E-state index contributed by atoms with van der Waals surface area (Å²) in [5.41, 5.74) is -1.02. The lowest BCUT2D eigenvalue weighted by Gasteiger charge is -2.47. The Morgan fingerprint density at radius 2 is 1.89 bits per heavy atom. The van der Waals surface area contributed by atoms with Crippen molar-refractivity contribution in [3.05, 3.63) is 0 Å². The lowest BCUT2D eigenvalue weighted by atomic mass is 9.82. The van der Waals surface area contributed by atoms with Crippen molar-refractivity contribution in [2.24, 2.45) is 5.41 Å². The molecule has 1 heterocycles. The zero-order valence-corrected chi connectivity index (χ0v) is 13.0. The zero-order chi connectivity index (χ0) is 14.1. The fraction of sp³-hybridized carbons (Fsp3) is 0.846. The Kier molecular flexibility index (Phi) is 4.36. The van der Waals surface area contributed by atoms with Crippen LogP contribution in [0.25, 0.3) is 0 Å². The second kappa shape index (κ2) is 5.11. The van der Waals surface area contributed by atoms with Gasteiger partial charge in [-0.3, -0.25) is 9.59 Å². The molecule has 18 heavy (non-hydrogen) atoms. The van der Waals surface area contributed by atoms with Gasteiger partial charge in [-0.05, 0) is 25.5 Å². The Bertz CT molecular complexity index is 347. The van der Waals surface area contributed by atoms with Crippen LogP contribution in [0.4, 0.5) is 0 Å². The summed E-state index contributed by atoms with van der Waals surface area (Å²) in [6.07, 6.45) is 2.00. The first-order chi connectivity index (χ1) is 8.12. The van der Waals surface area contributed by atoms with Crippen LogP contribution in [0.2, 0.25) is 0 Å². The van der Waals surface area contributed by atoms with Crippen LogP contribution in [-0.4, -0.2) is 46.8 Å². The maximum atomic E-state index is 12.5. The molecule has 0 aliphatic carbocycles. The van der Waals surface area contributed by atoms with Gasteiger partial charge in [-0.25, -0.2) is 0 Å². The van der Waals surface area contributed by atoms with Gasteiger partial charge in [0.2, 0.25) is 11.8 Å². The van der Waals surface area contributed by atoms with Gasteiger partial charge in [-0.2, -0.15) is 11.8 Å². The van der Waals surface area contributed by atoms with E-state index >= 15 is 0 Å². The quantitative estimate of drug-likeness (QED) is 0.847. The van der Waals surface area contributed by atoms with Crippen molar-refractivity contribution >= 4 is 23.6 Å². The van der Waals surface area contributed by atoms with Gasteiger partial charge in [0.15, 0.2) is 0 Å². The lowest BCUT2D eigenvalue weighted by molar-refractivity contribution is -0.157. The molecular formula is C13H24N2O2S. The van der Waals surface area contributed by atoms with Crippen LogP contribution in [0.3, 0.4) is 0 Å². The van der Waals surface area contributed by atoms with Crippen molar-refractivity contribution in [3.8, 4) is 0 Å². The van der Waals surface area contributed by atoms with Gasteiger partial charge in [0.25, 0.3) is 0 Å². The molecule has 0 spiro atoms. The smallest absolute Gasteiger partial charge is 0.246 e. The van der Waals surface area contributed by atoms with E-state index in [1.807, 2.05) is 27.0 Å². The van der Waals surface area contributed by atoms with E-state index in [1.54, 1.807) is 30.5 Å². The predicted molar refractivity (Wildman–Crippen MR) is 75.6 cm³/mol. The van der Waals surface area contributed by atoms with Gasteiger partial charge in [0, 0.05) is 12.3 Å². The first-order valence-electron chi connectivity index (χ1n) is 6.23. The standard InChI is InChI=1S/C13H24N2O2S/c1-12(2,3)9-10(16)15(7-8-18-6)13(4,5)11(17)14-9/h9H,7-8H2,1-6H3,(H,14,17). The van der Waals surface area contributed by atoms with E-state index in [-0.39, 0.29) is 17.2 Å². The van der Waals surface area contributed by atoms with Gasteiger partial charge in [0.05, 0.1) is 0 Å². The molecule has 0 aromatic carbocycles. The Morgan fingerprint density at radius 3 is 2.33 bits per heavy atom. The molecule has 1 unspecified atom stereocenters. The molecule has 1 atom stereocenters. The number of carbonyl (C=O) groups excluding carboxylic acids is 2. The Labute approximate surface area is 114 Å².